The van der Waals surface area contributed by atoms with Gasteiger partial charge in [0.05, 0.1) is 5.02 Å². The minimum Gasteiger partial charge on any atom is -0.310 e. The van der Waals surface area contributed by atoms with Crippen LogP contribution in [0.4, 0.5) is 8.78 Å². The fraction of sp³-hybridized carbons (Fsp3) is 0.250. The monoisotopic (exact) mass is 373 g/mol. The van der Waals surface area contributed by atoms with Gasteiger partial charge in [0.25, 0.3) is 0 Å². The minimum atomic E-state index is -0.450. The van der Waals surface area contributed by atoms with Crippen molar-refractivity contribution in [3.63, 3.8) is 0 Å². The van der Waals surface area contributed by atoms with Crippen LogP contribution in [0.2, 0.25) is 5.02 Å². The second-order valence-corrected chi connectivity index (χ2v) is 5.92. The van der Waals surface area contributed by atoms with Crippen LogP contribution in [0.5, 0.6) is 0 Å². The van der Waals surface area contributed by atoms with E-state index >= 15 is 0 Å². The van der Waals surface area contributed by atoms with E-state index < -0.39 is 5.82 Å². The van der Waals surface area contributed by atoms with Gasteiger partial charge in [0.15, 0.2) is 0 Å². The van der Waals surface area contributed by atoms with Crippen LogP contribution in [0.1, 0.15) is 24.1 Å². The maximum absolute atomic E-state index is 14.1. The summed E-state index contributed by atoms with van der Waals surface area (Å²) in [4.78, 5) is 0. The molecule has 1 atom stereocenters. The molecular formula is C16H15BrClF2N. The Morgan fingerprint density at radius 1 is 1.19 bits per heavy atom. The van der Waals surface area contributed by atoms with Gasteiger partial charge < -0.3 is 5.32 Å². The van der Waals surface area contributed by atoms with Crippen LogP contribution in [0.15, 0.2) is 40.9 Å². The van der Waals surface area contributed by atoms with Crippen molar-refractivity contribution in [2.45, 2.75) is 19.4 Å². The second kappa shape index (κ2) is 7.34. The van der Waals surface area contributed by atoms with Gasteiger partial charge in [-0.15, -0.1) is 0 Å². The topological polar surface area (TPSA) is 12.0 Å². The third-order valence-electron chi connectivity index (χ3n) is 3.25. The van der Waals surface area contributed by atoms with Crippen molar-refractivity contribution in [1.82, 2.24) is 5.32 Å². The predicted molar refractivity (Wildman–Crippen MR) is 85.6 cm³/mol. The summed E-state index contributed by atoms with van der Waals surface area (Å²) in [5.74, 6) is -0.771. The van der Waals surface area contributed by atoms with Gasteiger partial charge in [-0.25, -0.2) is 8.78 Å². The largest absolute Gasteiger partial charge is 0.310 e. The molecule has 0 bridgehead atoms. The van der Waals surface area contributed by atoms with E-state index in [9.17, 15) is 8.78 Å². The lowest BCUT2D eigenvalue weighted by atomic mass is 9.98. The third-order valence-corrected chi connectivity index (χ3v) is 4.24. The van der Waals surface area contributed by atoms with Gasteiger partial charge in [-0.3, -0.25) is 0 Å². The van der Waals surface area contributed by atoms with E-state index in [4.69, 9.17) is 11.6 Å². The van der Waals surface area contributed by atoms with Gasteiger partial charge in [-0.1, -0.05) is 52.7 Å². The molecule has 0 aliphatic carbocycles. The predicted octanol–water partition coefficient (Wildman–Crippen LogP) is 5.27. The molecule has 0 aliphatic rings. The summed E-state index contributed by atoms with van der Waals surface area (Å²) in [5.41, 5.74) is 0.960. The van der Waals surface area contributed by atoms with Crippen LogP contribution in [0, 0.1) is 11.6 Å². The average Bonchev–Trinajstić information content (AvgIpc) is 2.44. The number of likely N-dealkylation sites (N-methyl/N-ethyl adjacent to an activating group) is 1. The zero-order chi connectivity index (χ0) is 15.4. The number of halogens is 4. The number of hydrogen-bond donors (Lipinski definition) is 1. The van der Waals surface area contributed by atoms with Gasteiger partial charge in [0.1, 0.15) is 11.6 Å². The zero-order valence-electron chi connectivity index (χ0n) is 11.5. The maximum Gasteiger partial charge on any atom is 0.145 e. The van der Waals surface area contributed by atoms with E-state index in [0.29, 0.717) is 28.6 Å². The first kappa shape index (κ1) is 16.4. The van der Waals surface area contributed by atoms with Gasteiger partial charge in [-0.2, -0.15) is 0 Å². The zero-order valence-corrected chi connectivity index (χ0v) is 13.8. The molecule has 2 aromatic rings. The first-order valence-electron chi connectivity index (χ1n) is 6.64. The average molecular weight is 375 g/mol. The van der Waals surface area contributed by atoms with Crippen LogP contribution in [-0.4, -0.2) is 6.54 Å². The molecule has 0 radical (unpaired) electrons. The quantitative estimate of drug-likeness (QED) is 0.751. The second-order valence-electron chi connectivity index (χ2n) is 4.66. The molecule has 1 N–H and O–H groups in total. The van der Waals surface area contributed by atoms with Crippen LogP contribution >= 0.6 is 27.5 Å². The third kappa shape index (κ3) is 3.82. The number of rotatable bonds is 5. The molecule has 1 nitrogen and oxygen atoms in total. The molecule has 1 unspecified atom stereocenters. The molecular weight excluding hydrogens is 360 g/mol. The number of benzene rings is 2. The van der Waals surface area contributed by atoms with Crippen molar-refractivity contribution in [2.24, 2.45) is 0 Å². The van der Waals surface area contributed by atoms with Crippen molar-refractivity contribution < 1.29 is 8.78 Å². The van der Waals surface area contributed by atoms with Gasteiger partial charge in [0.2, 0.25) is 0 Å². The maximum atomic E-state index is 14.1. The van der Waals surface area contributed by atoms with Crippen molar-refractivity contribution in [3.05, 3.63) is 68.7 Å². The highest BCUT2D eigenvalue weighted by Gasteiger charge is 2.20. The van der Waals surface area contributed by atoms with Gasteiger partial charge in [0, 0.05) is 16.1 Å². The Bertz CT molecular complexity index is 613. The molecule has 0 saturated heterocycles. The van der Waals surface area contributed by atoms with Crippen molar-refractivity contribution in [2.75, 3.05) is 6.54 Å². The normalized spacial score (nSPS) is 12.4. The molecule has 21 heavy (non-hydrogen) atoms. The van der Waals surface area contributed by atoms with E-state index in [1.54, 1.807) is 24.3 Å². The summed E-state index contributed by atoms with van der Waals surface area (Å²) in [6, 6.07) is 9.34. The van der Waals surface area contributed by atoms with Gasteiger partial charge in [-0.05, 0) is 36.7 Å². The number of nitrogens with one attached hydrogen (secondary N) is 1. The molecule has 0 heterocycles. The first-order valence-corrected chi connectivity index (χ1v) is 7.81. The van der Waals surface area contributed by atoms with Crippen LogP contribution < -0.4 is 5.32 Å². The standard InChI is InChI=1S/C16H15BrClF2N/c1-2-21-14(15-11(17)6-4-8-13(15)19)9-10-5-3-7-12(18)16(10)20/h3-8,14,21H,2,9H2,1H3. The molecule has 0 aliphatic heterocycles. The number of hydrogen-bond acceptors (Lipinski definition) is 1. The van der Waals surface area contributed by atoms with E-state index in [1.807, 2.05) is 6.92 Å². The molecule has 0 amide bonds. The van der Waals surface area contributed by atoms with E-state index in [0.717, 1.165) is 0 Å². The van der Waals surface area contributed by atoms with Crippen molar-refractivity contribution in [3.8, 4) is 0 Å². The Labute approximate surface area is 136 Å². The first-order chi connectivity index (χ1) is 10.0. The molecule has 0 aromatic heterocycles. The van der Waals surface area contributed by atoms with Crippen LogP contribution in [-0.2, 0) is 6.42 Å². The minimum absolute atomic E-state index is 0.0790. The van der Waals surface area contributed by atoms with Crippen LogP contribution in [0.3, 0.4) is 0 Å². The van der Waals surface area contributed by atoms with Gasteiger partial charge >= 0.3 is 0 Å². The Hall–Kier alpha value is -0.970. The SMILES string of the molecule is CCNC(Cc1cccc(Cl)c1F)c1c(F)cccc1Br. The summed E-state index contributed by atoms with van der Waals surface area (Å²) < 4.78 is 28.8. The summed E-state index contributed by atoms with van der Waals surface area (Å²) in [6.45, 7) is 2.57. The molecule has 2 rings (SSSR count). The van der Waals surface area contributed by atoms with E-state index in [2.05, 4.69) is 21.2 Å². The molecule has 0 saturated carbocycles. The summed E-state index contributed by atoms with van der Waals surface area (Å²) in [5, 5.41) is 3.28. The molecule has 2 aromatic carbocycles. The van der Waals surface area contributed by atoms with Crippen molar-refractivity contribution >= 4 is 27.5 Å². The Balaban J connectivity index is 2.38. The molecule has 0 spiro atoms. The Kier molecular flexibility index (Phi) is 5.73. The smallest absolute Gasteiger partial charge is 0.145 e. The lowest BCUT2D eigenvalue weighted by Crippen LogP contribution is -2.24. The molecule has 5 heteroatoms. The highest BCUT2D eigenvalue weighted by Crippen LogP contribution is 2.30. The Morgan fingerprint density at radius 3 is 2.57 bits per heavy atom. The van der Waals surface area contributed by atoms with Crippen LogP contribution in [0.25, 0.3) is 0 Å². The molecule has 112 valence electrons. The summed E-state index contributed by atoms with van der Waals surface area (Å²) in [7, 11) is 0. The summed E-state index contributed by atoms with van der Waals surface area (Å²) in [6.07, 6.45) is 0.319. The van der Waals surface area contributed by atoms with Crippen molar-refractivity contribution in [1.29, 1.82) is 0 Å². The van der Waals surface area contributed by atoms with E-state index in [1.165, 1.54) is 12.1 Å². The Morgan fingerprint density at radius 2 is 1.90 bits per heavy atom. The fourth-order valence-corrected chi connectivity index (χ4v) is 3.10. The lowest BCUT2D eigenvalue weighted by Gasteiger charge is -2.21. The highest BCUT2D eigenvalue weighted by molar-refractivity contribution is 9.10. The van der Waals surface area contributed by atoms with E-state index in [-0.39, 0.29) is 16.9 Å². The lowest BCUT2D eigenvalue weighted by molar-refractivity contribution is 0.496. The highest BCUT2D eigenvalue weighted by atomic mass is 79.9. The fourth-order valence-electron chi connectivity index (χ4n) is 2.29. The summed E-state index contributed by atoms with van der Waals surface area (Å²) >= 11 is 9.17. The molecule has 0 fully saturated rings.